The number of aryl methyl sites for hydroxylation is 1. The minimum absolute atomic E-state index is 0.267. The van der Waals surface area contributed by atoms with Crippen LogP contribution in [-0.2, 0) is 18.4 Å². The number of carboxylic acid groups (broad SMARTS) is 1. The molecule has 1 unspecified atom stereocenters. The number of carbonyl (C=O) groups excluding carboxylic acids is 1. The number of rotatable bonds is 5. The smallest absolute Gasteiger partial charge is 0.330 e. The normalized spacial score (nSPS) is 11.7. The fourth-order valence-electron chi connectivity index (χ4n) is 1.86. The number of urea groups is 1. The molecule has 0 fully saturated rings. The highest BCUT2D eigenvalue weighted by Gasteiger charge is 2.21. The second kappa shape index (κ2) is 6.56. The number of aliphatic carboxylic acids is 1. The van der Waals surface area contributed by atoms with Gasteiger partial charge in [0, 0.05) is 13.2 Å². The maximum absolute atomic E-state index is 11.8. The van der Waals surface area contributed by atoms with Crippen LogP contribution in [0.15, 0.2) is 42.6 Å². The molecule has 2 amide bonds. The summed E-state index contributed by atoms with van der Waals surface area (Å²) in [6, 6.07) is 8.67. The van der Waals surface area contributed by atoms with Crippen LogP contribution in [0.2, 0.25) is 0 Å². The summed E-state index contributed by atoms with van der Waals surface area (Å²) in [5.41, 5.74) is 1.33. The molecule has 1 aromatic heterocycles. The first-order valence-electron chi connectivity index (χ1n) is 6.37. The Kier molecular flexibility index (Phi) is 4.55. The molecular formula is C14H16N4O3. The van der Waals surface area contributed by atoms with Crippen LogP contribution in [0.1, 0.15) is 17.3 Å². The zero-order valence-electron chi connectivity index (χ0n) is 11.5. The molecular weight excluding hydrogens is 272 g/mol. The van der Waals surface area contributed by atoms with Gasteiger partial charge in [0.2, 0.25) is 0 Å². The molecule has 7 nitrogen and oxygen atoms in total. The standard InChI is InChI=1S/C14H16N4O3/c1-18-11(7-8-16-18)9-15-14(21)17-12(13(19)20)10-5-3-2-4-6-10/h2-8,12H,9H2,1H3,(H,19,20)(H2,15,17,21). The van der Waals surface area contributed by atoms with Crippen LogP contribution in [-0.4, -0.2) is 26.9 Å². The summed E-state index contributed by atoms with van der Waals surface area (Å²) in [7, 11) is 1.76. The van der Waals surface area contributed by atoms with Crippen LogP contribution < -0.4 is 10.6 Å². The van der Waals surface area contributed by atoms with E-state index in [1.165, 1.54) is 0 Å². The molecule has 3 N–H and O–H groups in total. The van der Waals surface area contributed by atoms with E-state index in [1.807, 2.05) is 0 Å². The van der Waals surface area contributed by atoms with Gasteiger partial charge < -0.3 is 15.7 Å². The van der Waals surface area contributed by atoms with E-state index in [1.54, 1.807) is 54.3 Å². The van der Waals surface area contributed by atoms with Crippen LogP contribution in [0, 0.1) is 0 Å². The Morgan fingerprint density at radius 3 is 2.57 bits per heavy atom. The third-order valence-corrected chi connectivity index (χ3v) is 3.01. The molecule has 21 heavy (non-hydrogen) atoms. The van der Waals surface area contributed by atoms with Crippen molar-refractivity contribution in [3.8, 4) is 0 Å². The molecule has 0 bridgehead atoms. The number of hydrogen-bond donors (Lipinski definition) is 3. The lowest BCUT2D eigenvalue weighted by Gasteiger charge is -2.15. The predicted octanol–water partition coefficient (Wildman–Crippen LogP) is 1.05. The third kappa shape index (κ3) is 3.82. The highest BCUT2D eigenvalue weighted by Crippen LogP contribution is 2.12. The van der Waals surface area contributed by atoms with Crippen molar-refractivity contribution in [3.05, 3.63) is 53.9 Å². The molecule has 0 saturated heterocycles. The van der Waals surface area contributed by atoms with Gasteiger partial charge in [-0.3, -0.25) is 4.68 Å². The number of carbonyl (C=O) groups is 2. The van der Waals surface area contributed by atoms with Crippen molar-refractivity contribution >= 4 is 12.0 Å². The first-order chi connectivity index (χ1) is 10.1. The number of hydrogen-bond acceptors (Lipinski definition) is 3. The second-order valence-electron chi connectivity index (χ2n) is 4.46. The maximum atomic E-state index is 11.8. The van der Waals surface area contributed by atoms with E-state index in [0.29, 0.717) is 5.56 Å². The zero-order chi connectivity index (χ0) is 15.2. The Balaban J connectivity index is 1.96. The summed E-state index contributed by atoms with van der Waals surface area (Å²) in [4.78, 5) is 23.1. The van der Waals surface area contributed by atoms with E-state index in [9.17, 15) is 14.7 Å². The van der Waals surface area contributed by atoms with Gasteiger partial charge in [-0.2, -0.15) is 5.10 Å². The third-order valence-electron chi connectivity index (χ3n) is 3.01. The van der Waals surface area contributed by atoms with Crippen LogP contribution in [0.4, 0.5) is 4.79 Å². The molecule has 7 heteroatoms. The molecule has 2 rings (SSSR count). The van der Waals surface area contributed by atoms with Crippen LogP contribution >= 0.6 is 0 Å². The van der Waals surface area contributed by atoms with Crippen molar-refractivity contribution in [1.82, 2.24) is 20.4 Å². The van der Waals surface area contributed by atoms with Gasteiger partial charge in [-0.15, -0.1) is 0 Å². The molecule has 0 spiro atoms. The van der Waals surface area contributed by atoms with E-state index < -0.39 is 18.0 Å². The summed E-state index contributed by atoms with van der Waals surface area (Å²) in [6.45, 7) is 0.267. The van der Waals surface area contributed by atoms with Crippen molar-refractivity contribution in [2.24, 2.45) is 7.05 Å². The van der Waals surface area contributed by atoms with Gasteiger partial charge in [-0.1, -0.05) is 30.3 Å². The number of carboxylic acids is 1. The minimum atomic E-state index is -1.11. The summed E-state index contributed by atoms with van der Waals surface area (Å²) in [5.74, 6) is -1.11. The second-order valence-corrected chi connectivity index (χ2v) is 4.46. The first-order valence-corrected chi connectivity index (χ1v) is 6.37. The van der Waals surface area contributed by atoms with Gasteiger partial charge in [0.25, 0.3) is 0 Å². The van der Waals surface area contributed by atoms with Gasteiger partial charge in [0.05, 0.1) is 12.2 Å². The molecule has 0 aliphatic carbocycles. The number of nitrogens with zero attached hydrogens (tertiary/aromatic N) is 2. The van der Waals surface area contributed by atoms with Gasteiger partial charge >= 0.3 is 12.0 Å². The van der Waals surface area contributed by atoms with Gasteiger partial charge in [0.1, 0.15) is 0 Å². The predicted molar refractivity (Wildman–Crippen MR) is 75.4 cm³/mol. The zero-order valence-corrected chi connectivity index (χ0v) is 11.5. The first kappa shape index (κ1) is 14.6. The van der Waals surface area contributed by atoms with Crippen LogP contribution in [0.5, 0.6) is 0 Å². The van der Waals surface area contributed by atoms with Crippen molar-refractivity contribution in [2.75, 3.05) is 0 Å². The molecule has 110 valence electrons. The van der Waals surface area contributed by atoms with E-state index in [2.05, 4.69) is 15.7 Å². The fourth-order valence-corrected chi connectivity index (χ4v) is 1.86. The lowest BCUT2D eigenvalue weighted by Crippen LogP contribution is -2.40. The molecule has 0 radical (unpaired) electrons. The Hall–Kier alpha value is -2.83. The Labute approximate surface area is 121 Å². The van der Waals surface area contributed by atoms with Crippen molar-refractivity contribution in [2.45, 2.75) is 12.6 Å². The summed E-state index contributed by atoms with van der Waals surface area (Å²) < 4.78 is 1.63. The van der Waals surface area contributed by atoms with Crippen LogP contribution in [0.3, 0.4) is 0 Å². The van der Waals surface area contributed by atoms with Gasteiger partial charge in [0.15, 0.2) is 6.04 Å². The molecule has 2 aromatic rings. The topological polar surface area (TPSA) is 96.3 Å². The van der Waals surface area contributed by atoms with Gasteiger partial charge in [-0.25, -0.2) is 9.59 Å². The molecule has 1 atom stereocenters. The number of nitrogens with one attached hydrogen (secondary N) is 2. The van der Waals surface area contributed by atoms with Gasteiger partial charge in [-0.05, 0) is 11.6 Å². The van der Waals surface area contributed by atoms with E-state index in [0.717, 1.165) is 5.69 Å². The summed E-state index contributed by atoms with van der Waals surface area (Å²) in [5, 5.41) is 18.2. The van der Waals surface area contributed by atoms with Crippen molar-refractivity contribution in [1.29, 1.82) is 0 Å². The largest absolute Gasteiger partial charge is 0.479 e. The Morgan fingerprint density at radius 1 is 1.29 bits per heavy atom. The Bertz CT molecular complexity index is 624. The number of benzene rings is 1. The van der Waals surface area contributed by atoms with E-state index in [4.69, 9.17) is 0 Å². The highest BCUT2D eigenvalue weighted by atomic mass is 16.4. The minimum Gasteiger partial charge on any atom is -0.479 e. The average molecular weight is 288 g/mol. The average Bonchev–Trinajstić information content (AvgIpc) is 2.88. The number of aromatic nitrogens is 2. The summed E-state index contributed by atoms with van der Waals surface area (Å²) >= 11 is 0. The quantitative estimate of drug-likeness (QED) is 0.766. The summed E-state index contributed by atoms with van der Waals surface area (Å²) in [6.07, 6.45) is 1.62. The highest BCUT2D eigenvalue weighted by molar-refractivity contribution is 5.83. The van der Waals surface area contributed by atoms with E-state index in [-0.39, 0.29) is 6.54 Å². The van der Waals surface area contributed by atoms with Crippen molar-refractivity contribution in [3.63, 3.8) is 0 Å². The van der Waals surface area contributed by atoms with Crippen LogP contribution in [0.25, 0.3) is 0 Å². The molecule has 0 aliphatic rings. The number of amides is 2. The fraction of sp³-hybridized carbons (Fsp3) is 0.214. The molecule has 1 heterocycles. The Morgan fingerprint density at radius 2 is 2.00 bits per heavy atom. The molecule has 0 aliphatic heterocycles. The maximum Gasteiger partial charge on any atom is 0.330 e. The van der Waals surface area contributed by atoms with Crippen molar-refractivity contribution < 1.29 is 14.7 Å². The molecule has 0 saturated carbocycles. The molecule has 1 aromatic carbocycles. The lowest BCUT2D eigenvalue weighted by atomic mass is 10.1. The monoisotopic (exact) mass is 288 g/mol. The lowest BCUT2D eigenvalue weighted by molar-refractivity contribution is -0.139. The van der Waals surface area contributed by atoms with E-state index >= 15 is 0 Å². The SMILES string of the molecule is Cn1nccc1CNC(=O)NC(C(=O)O)c1ccccc1.